The molecule has 3 aromatic rings. The molecule has 0 saturated heterocycles. The van der Waals surface area contributed by atoms with Crippen LogP contribution in [0.5, 0.6) is 0 Å². The largest absolute Gasteiger partial charge is 0.462 e. The summed E-state index contributed by atoms with van der Waals surface area (Å²) in [5.74, 6) is -0.244. The van der Waals surface area contributed by atoms with Gasteiger partial charge in [-0.1, -0.05) is 38.1 Å². The Balaban J connectivity index is 1.65. The standard InChI is InChI=1S/C23H27N3O4S/c1-5-30-23(29)20-15(4)19-21(31-20)25-13-26(22(19)28)12-18(27)24-11-10-16-6-8-17(9-7-16)14(2)3/h6-9,13-14H,5,10-12H2,1-4H3,(H,24,27). The number of benzene rings is 1. The van der Waals surface area contributed by atoms with Crippen molar-refractivity contribution in [2.75, 3.05) is 13.2 Å². The van der Waals surface area contributed by atoms with Crippen LogP contribution in [-0.4, -0.2) is 34.6 Å². The van der Waals surface area contributed by atoms with Crippen LogP contribution >= 0.6 is 11.3 Å². The highest BCUT2D eigenvalue weighted by atomic mass is 32.1. The topological polar surface area (TPSA) is 90.3 Å². The minimum atomic E-state index is -0.465. The minimum absolute atomic E-state index is 0.127. The number of nitrogens with zero attached hydrogens (tertiary/aromatic N) is 2. The maximum atomic E-state index is 12.9. The van der Waals surface area contributed by atoms with E-state index in [1.54, 1.807) is 13.8 Å². The number of aryl methyl sites for hydroxylation is 1. The molecule has 1 N–H and O–H groups in total. The third kappa shape index (κ3) is 5.19. The molecule has 0 unspecified atom stereocenters. The lowest BCUT2D eigenvalue weighted by atomic mass is 10.0. The number of hydrogen-bond donors (Lipinski definition) is 1. The van der Waals surface area contributed by atoms with Crippen molar-refractivity contribution in [1.29, 1.82) is 0 Å². The molecule has 8 heteroatoms. The summed E-state index contributed by atoms with van der Waals surface area (Å²) >= 11 is 1.13. The van der Waals surface area contributed by atoms with Crippen LogP contribution < -0.4 is 10.9 Å². The second-order valence-electron chi connectivity index (χ2n) is 7.63. The lowest BCUT2D eigenvalue weighted by molar-refractivity contribution is -0.121. The Morgan fingerprint density at radius 3 is 2.58 bits per heavy atom. The monoisotopic (exact) mass is 441 g/mol. The van der Waals surface area contributed by atoms with E-state index in [-0.39, 0.29) is 24.6 Å². The summed E-state index contributed by atoms with van der Waals surface area (Å²) < 4.78 is 6.31. The molecule has 31 heavy (non-hydrogen) atoms. The fourth-order valence-corrected chi connectivity index (χ4v) is 4.32. The molecule has 1 amide bonds. The Morgan fingerprint density at radius 2 is 1.94 bits per heavy atom. The van der Waals surface area contributed by atoms with Gasteiger partial charge in [0.15, 0.2) is 0 Å². The molecule has 3 rings (SSSR count). The quantitative estimate of drug-likeness (QED) is 0.541. The van der Waals surface area contributed by atoms with Gasteiger partial charge in [-0.25, -0.2) is 9.78 Å². The van der Waals surface area contributed by atoms with E-state index >= 15 is 0 Å². The Bertz CT molecular complexity index is 1150. The predicted octanol–water partition coefficient (Wildman–Crippen LogP) is 3.43. The molecule has 0 radical (unpaired) electrons. The van der Waals surface area contributed by atoms with Gasteiger partial charge < -0.3 is 10.1 Å². The number of aromatic nitrogens is 2. The van der Waals surface area contributed by atoms with Crippen molar-refractivity contribution in [3.8, 4) is 0 Å². The van der Waals surface area contributed by atoms with E-state index in [0.29, 0.717) is 39.5 Å². The van der Waals surface area contributed by atoms with Crippen molar-refractivity contribution in [3.63, 3.8) is 0 Å². The first kappa shape index (κ1) is 22.7. The van der Waals surface area contributed by atoms with Crippen molar-refractivity contribution in [1.82, 2.24) is 14.9 Å². The Hall–Kier alpha value is -3.00. The van der Waals surface area contributed by atoms with Crippen LogP contribution in [0.15, 0.2) is 35.4 Å². The van der Waals surface area contributed by atoms with Gasteiger partial charge in [0.2, 0.25) is 5.91 Å². The van der Waals surface area contributed by atoms with Crippen molar-refractivity contribution in [3.05, 3.63) is 62.5 Å². The molecule has 7 nitrogen and oxygen atoms in total. The van der Waals surface area contributed by atoms with E-state index in [2.05, 4.69) is 48.4 Å². The summed E-state index contributed by atoms with van der Waals surface area (Å²) in [6.45, 7) is 8.34. The summed E-state index contributed by atoms with van der Waals surface area (Å²) in [7, 11) is 0. The smallest absolute Gasteiger partial charge is 0.348 e. The zero-order valence-corrected chi connectivity index (χ0v) is 19.0. The highest BCUT2D eigenvalue weighted by Gasteiger charge is 2.20. The Morgan fingerprint density at radius 1 is 1.23 bits per heavy atom. The molecule has 0 aliphatic rings. The van der Waals surface area contributed by atoms with Gasteiger partial charge in [-0.05, 0) is 42.9 Å². The van der Waals surface area contributed by atoms with Crippen molar-refractivity contribution >= 4 is 33.4 Å². The molecule has 0 atom stereocenters. The van der Waals surface area contributed by atoms with Gasteiger partial charge in [-0.3, -0.25) is 14.2 Å². The number of esters is 1. The molecule has 0 fully saturated rings. The number of nitrogens with one attached hydrogen (secondary N) is 1. The van der Waals surface area contributed by atoms with E-state index in [1.165, 1.54) is 16.5 Å². The second-order valence-corrected chi connectivity index (χ2v) is 8.63. The molecule has 0 aliphatic carbocycles. The highest BCUT2D eigenvalue weighted by Crippen LogP contribution is 2.27. The third-order valence-electron chi connectivity index (χ3n) is 5.07. The average Bonchev–Trinajstić information content (AvgIpc) is 3.08. The number of thiophene rings is 1. The van der Waals surface area contributed by atoms with Gasteiger partial charge >= 0.3 is 5.97 Å². The van der Waals surface area contributed by atoms with Crippen LogP contribution in [0.3, 0.4) is 0 Å². The van der Waals surface area contributed by atoms with Crippen LogP contribution in [0.1, 0.15) is 53.1 Å². The van der Waals surface area contributed by atoms with Crippen LogP contribution in [0.25, 0.3) is 10.2 Å². The first-order valence-electron chi connectivity index (χ1n) is 10.3. The zero-order chi connectivity index (χ0) is 22.5. The van der Waals surface area contributed by atoms with Crippen LogP contribution in [0.2, 0.25) is 0 Å². The van der Waals surface area contributed by atoms with Crippen LogP contribution in [-0.2, 0) is 22.5 Å². The normalized spacial score (nSPS) is 11.1. The van der Waals surface area contributed by atoms with Gasteiger partial charge in [-0.2, -0.15) is 0 Å². The van der Waals surface area contributed by atoms with Crippen LogP contribution in [0.4, 0.5) is 0 Å². The summed E-state index contributed by atoms with van der Waals surface area (Å²) in [6, 6.07) is 8.36. The zero-order valence-electron chi connectivity index (χ0n) is 18.2. The summed E-state index contributed by atoms with van der Waals surface area (Å²) in [5, 5.41) is 3.20. The molecule has 0 saturated carbocycles. The van der Waals surface area contributed by atoms with E-state index in [9.17, 15) is 14.4 Å². The first-order valence-corrected chi connectivity index (χ1v) is 11.1. The third-order valence-corrected chi connectivity index (χ3v) is 6.25. The molecule has 2 aromatic heterocycles. The summed E-state index contributed by atoms with van der Waals surface area (Å²) in [5.41, 5.74) is 2.62. The molecule has 0 bridgehead atoms. The van der Waals surface area contributed by atoms with Gasteiger partial charge in [0, 0.05) is 6.54 Å². The number of ether oxygens (including phenoxy) is 1. The predicted molar refractivity (Wildman–Crippen MR) is 122 cm³/mol. The SMILES string of the molecule is CCOC(=O)c1sc2ncn(CC(=O)NCCc3ccc(C(C)C)cc3)c(=O)c2c1C. The molecule has 0 aliphatic heterocycles. The number of fused-ring (bicyclic) bond motifs is 1. The fourth-order valence-electron chi connectivity index (χ4n) is 3.29. The van der Waals surface area contributed by atoms with Crippen molar-refractivity contribution in [2.45, 2.75) is 46.6 Å². The fraction of sp³-hybridized carbons (Fsp3) is 0.391. The Labute approximate surface area is 185 Å². The number of amides is 1. The van der Waals surface area contributed by atoms with E-state index in [4.69, 9.17) is 4.74 Å². The highest BCUT2D eigenvalue weighted by molar-refractivity contribution is 7.20. The van der Waals surface area contributed by atoms with Gasteiger partial charge in [-0.15, -0.1) is 11.3 Å². The minimum Gasteiger partial charge on any atom is -0.462 e. The first-order chi connectivity index (χ1) is 14.8. The lowest BCUT2D eigenvalue weighted by Crippen LogP contribution is -2.33. The average molecular weight is 442 g/mol. The van der Waals surface area contributed by atoms with Gasteiger partial charge in [0.05, 0.1) is 18.3 Å². The lowest BCUT2D eigenvalue weighted by Gasteiger charge is -2.09. The van der Waals surface area contributed by atoms with Gasteiger partial charge in [0.25, 0.3) is 5.56 Å². The number of rotatable bonds is 8. The maximum absolute atomic E-state index is 12.9. The molecule has 2 heterocycles. The number of hydrogen-bond acceptors (Lipinski definition) is 6. The molecule has 164 valence electrons. The van der Waals surface area contributed by atoms with E-state index in [1.807, 2.05) is 0 Å². The maximum Gasteiger partial charge on any atom is 0.348 e. The van der Waals surface area contributed by atoms with E-state index in [0.717, 1.165) is 16.9 Å². The van der Waals surface area contributed by atoms with Crippen molar-refractivity contribution in [2.24, 2.45) is 0 Å². The Kier molecular flexibility index (Phi) is 7.22. The molecule has 1 aromatic carbocycles. The number of carbonyl (C=O) groups excluding carboxylic acids is 2. The summed E-state index contributed by atoms with van der Waals surface area (Å²) in [4.78, 5) is 42.4. The van der Waals surface area contributed by atoms with E-state index < -0.39 is 5.97 Å². The second kappa shape index (κ2) is 9.87. The molecule has 0 spiro atoms. The summed E-state index contributed by atoms with van der Waals surface area (Å²) in [6.07, 6.45) is 2.06. The van der Waals surface area contributed by atoms with Crippen LogP contribution in [0, 0.1) is 6.92 Å². The number of carbonyl (C=O) groups is 2. The van der Waals surface area contributed by atoms with Gasteiger partial charge in [0.1, 0.15) is 16.3 Å². The van der Waals surface area contributed by atoms with Crippen molar-refractivity contribution < 1.29 is 14.3 Å². The molecular formula is C23H27N3O4S. The molecular weight excluding hydrogens is 414 g/mol.